The molecule has 1 amide bonds. The van der Waals surface area contributed by atoms with Crippen LogP contribution in [0.15, 0.2) is 54.9 Å². The molecule has 0 aliphatic carbocycles. The molecule has 0 radical (unpaired) electrons. The maximum Gasteiger partial charge on any atom is 0.220 e. The van der Waals surface area contributed by atoms with E-state index in [-0.39, 0.29) is 17.6 Å². The van der Waals surface area contributed by atoms with Gasteiger partial charge in [0.2, 0.25) is 5.91 Å². The van der Waals surface area contributed by atoms with Gasteiger partial charge < -0.3 is 9.72 Å². The van der Waals surface area contributed by atoms with Crippen LogP contribution in [0.3, 0.4) is 0 Å². The molecule has 0 fully saturated rings. The molecule has 3 aromatic rings. The molecule has 1 atom stereocenters. The topological polar surface area (TPSA) is 46.4 Å². The Balaban J connectivity index is 1.52. The zero-order valence-corrected chi connectivity index (χ0v) is 14.3. The first-order valence-electron chi connectivity index (χ1n) is 8.60. The van der Waals surface area contributed by atoms with Crippen LogP contribution >= 0.6 is 0 Å². The molecule has 0 spiro atoms. The van der Waals surface area contributed by atoms with Crippen molar-refractivity contribution in [3.8, 4) is 0 Å². The first kappa shape index (κ1) is 17.1. The molecule has 1 unspecified atom stereocenters. The van der Waals surface area contributed by atoms with Crippen molar-refractivity contribution in [2.45, 2.75) is 32.1 Å². The monoisotopic (exact) mass is 339 g/mol. The third-order valence-electron chi connectivity index (χ3n) is 4.45. The van der Waals surface area contributed by atoms with Crippen LogP contribution in [-0.4, -0.2) is 21.8 Å². The van der Waals surface area contributed by atoms with Gasteiger partial charge in [-0.15, -0.1) is 0 Å². The lowest BCUT2D eigenvalue weighted by atomic mass is 9.93. The van der Waals surface area contributed by atoms with Gasteiger partial charge in [-0.2, -0.15) is 0 Å². The lowest BCUT2D eigenvalue weighted by Gasteiger charge is -2.15. The zero-order valence-electron chi connectivity index (χ0n) is 14.3. The van der Waals surface area contributed by atoms with Gasteiger partial charge in [0, 0.05) is 25.6 Å². The number of carbonyl (C=O) groups excluding carboxylic acids is 1. The van der Waals surface area contributed by atoms with Gasteiger partial charge >= 0.3 is 0 Å². The van der Waals surface area contributed by atoms with Crippen LogP contribution in [0.1, 0.15) is 37.1 Å². The van der Waals surface area contributed by atoms with E-state index in [0.717, 1.165) is 23.3 Å². The van der Waals surface area contributed by atoms with Crippen molar-refractivity contribution in [3.05, 3.63) is 72.1 Å². The Hall–Kier alpha value is -2.69. The van der Waals surface area contributed by atoms with Crippen LogP contribution in [0.4, 0.5) is 4.39 Å². The number of pyridine rings is 1. The van der Waals surface area contributed by atoms with Gasteiger partial charge in [0.15, 0.2) is 0 Å². The SMILES string of the molecule is CCC(CC(=O)NCCc1ncc2ccccn12)c1ccc(F)cc1. The van der Waals surface area contributed by atoms with E-state index in [1.807, 2.05) is 41.9 Å². The summed E-state index contributed by atoms with van der Waals surface area (Å²) in [6.07, 6.45) is 5.73. The number of benzene rings is 1. The summed E-state index contributed by atoms with van der Waals surface area (Å²) in [5, 5.41) is 2.97. The van der Waals surface area contributed by atoms with E-state index >= 15 is 0 Å². The number of amides is 1. The molecule has 0 saturated heterocycles. The minimum atomic E-state index is -0.255. The van der Waals surface area contributed by atoms with Crippen LogP contribution in [-0.2, 0) is 11.2 Å². The second-order valence-electron chi connectivity index (χ2n) is 6.13. The first-order valence-corrected chi connectivity index (χ1v) is 8.60. The maximum atomic E-state index is 13.0. The number of rotatable bonds is 7. The molecule has 5 heteroatoms. The summed E-state index contributed by atoms with van der Waals surface area (Å²) < 4.78 is 15.1. The highest BCUT2D eigenvalue weighted by Crippen LogP contribution is 2.23. The summed E-state index contributed by atoms with van der Waals surface area (Å²) >= 11 is 0. The van der Waals surface area contributed by atoms with Gasteiger partial charge in [-0.1, -0.05) is 25.1 Å². The number of nitrogens with one attached hydrogen (secondary N) is 1. The number of nitrogens with zero attached hydrogens (tertiary/aromatic N) is 2. The van der Waals surface area contributed by atoms with Gasteiger partial charge in [-0.3, -0.25) is 4.79 Å². The molecular formula is C20H22FN3O. The van der Waals surface area contributed by atoms with Crippen LogP contribution < -0.4 is 5.32 Å². The second-order valence-corrected chi connectivity index (χ2v) is 6.13. The smallest absolute Gasteiger partial charge is 0.220 e. The highest BCUT2D eigenvalue weighted by Gasteiger charge is 2.14. The number of halogens is 1. The molecular weight excluding hydrogens is 317 g/mol. The molecule has 25 heavy (non-hydrogen) atoms. The Morgan fingerprint density at radius 3 is 2.80 bits per heavy atom. The van der Waals surface area contributed by atoms with Crippen LogP contribution in [0.25, 0.3) is 5.52 Å². The Bertz CT molecular complexity index is 842. The van der Waals surface area contributed by atoms with Crippen molar-refractivity contribution in [2.75, 3.05) is 6.54 Å². The Morgan fingerprint density at radius 1 is 1.24 bits per heavy atom. The standard InChI is InChI=1S/C20H22FN3O/c1-2-15(16-6-8-17(21)9-7-16)13-20(25)22-11-10-19-23-14-18-5-3-4-12-24(18)19/h3-9,12,14-15H,2,10-11,13H2,1H3,(H,22,25). The first-order chi connectivity index (χ1) is 12.2. The average Bonchev–Trinajstić information content (AvgIpc) is 3.04. The van der Waals surface area contributed by atoms with Gasteiger partial charge in [0.1, 0.15) is 11.6 Å². The quantitative estimate of drug-likeness (QED) is 0.713. The van der Waals surface area contributed by atoms with Crippen molar-refractivity contribution in [3.63, 3.8) is 0 Å². The summed E-state index contributed by atoms with van der Waals surface area (Å²) in [7, 11) is 0. The van der Waals surface area contributed by atoms with Crippen LogP contribution in [0.5, 0.6) is 0 Å². The average molecular weight is 339 g/mol. The number of hydrogen-bond acceptors (Lipinski definition) is 2. The predicted molar refractivity (Wildman–Crippen MR) is 96.0 cm³/mol. The number of fused-ring (bicyclic) bond motifs is 1. The fourth-order valence-corrected chi connectivity index (χ4v) is 3.03. The van der Waals surface area contributed by atoms with E-state index in [2.05, 4.69) is 10.3 Å². The van der Waals surface area contributed by atoms with E-state index in [9.17, 15) is 9.18 Å². The minimum absolute atomic E-state index is 0.0111. The Kier molecular flexibility index (Phi) is 5.43. The van der Waals surface area contributed by atoms with E-state index in [1.54, 1.807) is 12.1 Å². The molecule has 1 aromatic carbocycles. The fraction of sp³-hybridized carbons (Fsp3) is 0.300. The van der Waals surface area contributed by atoms with Crippen molar-refractivity contribution in [1.29, 1.82) is 0 Å². The van der Waals surface area contributed by atoms with Crippen LogP contribution in [0.2, 0.25) is 0 Å². The van der Waals surface area contributed by atoms with E-state index in [4.69, 9.17) is 0 Å². The highest BCUT2D eigenvalue weighted by molar-refractivity contribution is 5.76. The third-order valence-corrected chi connectivity index (χ3v) is 4.45. The van der Waals surface area contributed by atoms with E-state index < -0.39 is 0 Å². The molecule has 0 saturated carbocycles. The van der Waals surface area contributed by atoms with E-state index in [1.165, 1.54) is 12.1 Å². The van der Waals surface area contributed by atoms with Crippen molar-refractivity contribution < 1.29 is 9.18 Å². The summed E-state index contributed by atoms with van der Waals surface area (Å²) in [5.41, 5.74) is 2.05. The molecule has 3 rings (SSSR count). The van der Waals surface area contributed by atoms with Crippen LogP contribution in [0, 0.1) is 5.82 Å². The summed E-state index contributed by atoms with van der Waals surface area (Å²) in [6, 6.07) is 12.3. The summed E-state index contributed by atoms with van der Waals surface area (Å²) in [5.74, 6) is 0.793. The number of imidazole rings is 1. The van der Waals surface area contributed by atoms with E-state index in [0.29, 0.717) is 19.4 Å². The molecule has 2 heterocycles. The molecule has 1 N–H and O–H groups in total. The Labute approximate surface area is 146 Å². The number of aromatic nitrogens is 2. The number of carbonyl (C=O) groups is 1. The van der Waals surface area contributed by atoms with Crippen molar-refractivity contribution >= 4 is 11.4 Å². The highest BCUT2D eigenvalue weighted by atomic mass is 19.1. The molecule has 0 bridgehead atoms. The predicted octanol–water partition coefficient (Wildman–Crippen LogP) is 3.72. The molecule has 4 nitrogen and oxygen atoms in total. The fourth-order valence-electron chi connectivity index (χ4n) is 3.03. The number of hydrogen-bond donors (Lipinski definition) is 1. The molecule has 0 aliphatic rings. The molecule has 2 aromatic heterocycles. The minimum Gasteiger partial charge on any atom is -0.356 e. The lowest BCUT2D eigenvalue weighted by Crippen LogP contribution is -2.27. The van der Waals surface area contributed by atoms with Gasteiger partial charge in [-0.25, -0.2) is 9.37 Å². The summed E-state index contributed by atoms with van der Waals surface area (Å²) in [4.78, 5) is 16.6. The van der Waals surface area contributed by atoms with Crippen molar-refractivity contribution in [2.24, 2.45) is 0 Å². The largest absolute Gasteiger partial charge is 0.356 e. The van der Waals surface area contributed by atoms with Gasteiger partial charge in [0.25, 0.3) is 0 Å². The molecule has 130 valence electrons. The summed E-state index contributed by atoms with van der Waals surface area (Å²) in [6.45, 7) is 2.59. The van der Waals surface area contributed by atoms with Crippen molar-refractivity contribution in [1.82, 2.24) is 14.7 Å². The molecule has 0 aliphatic heterocycles. The van der Waals surface area contributed by atoms with Gasteiger partial charge in [0.05, 0.1) is 11.7 Å². The second kappa shape index (κ2) is 7.92. The normalized spacial score (nSPS) is 12.2. The zero-order chi connectivity index (χ0) is 17.6. The maximum absolute atomic E-state index is 13.0. The Morgan fingerprint density at radius 2 is 2.04 bits per heavy atom. The van der Waals surface area contributed by atoms with Gasteiger partial charge in [-0.05, 0) is 42.2 Å². The third kappa shape index (κ3) is 4.24. The lowest BCUT2D eigenvalue weighted by molar-refractivity contribution is -0.121.